The van der Waals surface area contributed by atoms with Crippen LogP contribution in [-0.2, 0) is 4.79 Å². The van der Waals surface area contributed by atoms with Gasteiger partial charge in [-0.05, 0) is 49.9 Å². The highest BCUT2D eigenvalue weighted by Crippen LogP contribution is 2.15. The number of halogens is 1. The number of hydrogen-bond acceptors (Lipinski definition) is 1. The molecular formula is C15H22ClN2O+. The van der Waals surface area contributed by atoms with Crippen molar-refractivity contribution >= 4 is 23.2 Å². The van der Waals surface area contributed by atoms with Gasteiger partial charge >= 0.3 is 0 Å². The maximum atomic E-state index is 12.0. The van der Waals surface area contributed by atoms with Crippen LogP contribution in [0, 0.1) is 0 Å². The molecule has 1 saturated carbocycles. The second-order valence-electron chi connectivity index (χ2n) is 5.41. The van der Waals surface area contributed by atoms with Crippen LogP contribution in [0.2, 0.25) is 5.02 Å². The number of nitrogens with one attached hydrogen (secondary N) is 2. The van der Waals surface area contributed by atoms with Crippen molar-refractivity contribution < 1.29 is 9.69 Å². The lowest BCUT2D eigenvalue weighted by Crippen LogP contribution is -3.14. The molecule has 1 amide bonds. The molecule has 2 rings (SSSR count). The van der Waals surface area contributed by atoms with Crippen molar-refractivity contribution in [3.8, 4) is 0 Å². The number of amides is 1. The Morgan fingerprint density at radius 1 is 1.26 bits per heavy atom. The van der Waals surface area contributed by atoms with E-state index in [0.29, 0.717) is 17.6 Å². The van der Waals surface area contributed by atoms with E-state index in [1.165, 1.54) is 37.0 Å². The zero-order valence-corrected chi connectivity index (χ0v) is 12.2. The average molecular weight is 282 g/mol. The molecule has 1 unspecified atom stereocenters. The van der Waals surface area contributed by atoms with E-state index in [2.05, 4.69) is 12.4 Å². The molecule has 1 aliphatic rings. The van der Waals surface area contributed by atoms with Crippen molar-refractivity contribution in [2.75, 3.05) is 18.9 Å². The molecular weight excluding hydrogens is 260 g/mol. The molecule has 0 radical (unpaired) electrons. The Morgan fingerprint density at radius 2 is 1.89 bits per heavy atom. The van der Waals surface area contributed by atoms with E-state index in [-0.39, 0.29) is 5.91 Å². The van der Waals surface area contributed by atoms with Crippen LogP contribution in [0.25, 0.3) is 0 Å². The highest BCUT2D eigenvalue weighted by Gasteiger charge is 2.23. The van der Waals surface area contributed by atoms with E-state index < -0.39 is 0 Å². The Morgan fingerprint density at radius 3 is 2.53 bits per heavy atom. The molecule has 104 valence electrons. The van der Waals surface area contributed by atoms with E-state index in [1.54, 1.807) is 12.1 Å². The normalized spacial score (nSPS) is 18.0. The predicted octanol–water partition coefficient (Wildman–Crippen LogP) is 2.13. The number of carbonyl (C=O) groups is 1. The van der Waals surface area contributed by atoms with Gasteiger partial charge in [0.1, 0.15) is 0 Å². The van der Waals surface area contributed by atoms with Gasteiger partial charge in [-0.2, -0.15) is 0 Å². The van der Waals surface area contributed by atoms with E-state index >= 15 is 0 Å². The molecule has 0 aliphatic heterocycles. The van der Waals surface area contributed by atoms with Gasteiger partial charge in [-0.15, -0.1) is 0 Å². The lowest BCUT2D eigenvalue weighted by molar-refractivity contribution is -0.899. The molecule has 3 nitrogen and oxygen atoms in total. The first-order valence-electron chi connectivity index (χ1n) is 7.03. The summed E-state index contributed by atoms with van der Waals surface area (Å²) in [6.45, 7) is 0.535. The first-order chi connectivity index (χ1) is 9.15. The van der Waals surface area contributed by atoms with Crippen LogP contribution in [-0.4, -0.2) is 25.5 Å². The van der Waals surface area contributed by atoms with Crippen molar-refractivity contribution in [1.82, 2.24) is 0 Å². The van der Waals surface area contributed by atoms with Gasteiger partial charge in [-0.3, -0.25) is 4.79 Å². The maximum absolute atomic E-state index is 12.0. The van der Waals surface area contributed by atoms with Crippen LogP contribution in [0.15, 0.2) is 24.3 Å². The third-order valence-corrected chi connectivity index (χ3v) is 4.12. The molecule has 1 fully saturated rings. The van der Waals surface area contributed by atoms with Crippen molar-refractivity contribution in [2.45, 2.75) is 38.1 Å². The zero-order chi connectivity index (χ0) is 13.7. The standard InChI is InChI=1S/C15H21ClN2O/c1-18(14-5-3-2-4-6-14)11-15(19)17-13-9-7-12(16)8-10-13/h7-10,14H,2-6,11H2,1H3,(H,17,19)/p+1. The SMILES string of the molecule is C[NH+](CC(=O)Nc1ccc(Cl)cc1)C1CCCCC1. The molecule has 0 saturated heterocycles. The van der Waals surface area contributed by atoms with Crippen molar-refractivity contribution in [2.24, 2.45) is 0 Å². The molecule has 2 N–H and O–H groups in total. The summed E-state index contributed by atoms with van der Waals surface area (Å²) in [5.74, 6) is 0.0744. The third kappa shape index (κ3) is 4.51. The largest absolute Gasteiger partial charge is 0.327 e. The summed E-state index contributed by atoms with van der Waals surface area (Å²) >= 11 is 5.82. The second-order valence-corrected chi connectivity index (χ2v) is 5.85. The summed E-state index contributed by atoms with van der Waals surface area (Å²) < 4.78 is 0. The van der Waals surface area contributed by atoms with Gasteiger partial charge in [0.05, 0.1) is 13.1 Å². The van der Waals surface area contributed by atoms with Crippen LogP contribution >= 0.6 is 11.6 Å². The number of hydrogen-bond donors (Lipinski definition) is 2. The smallest absolute Gasteiger partial charge is 0.279 e. The van der Waals surface area contributed by atoms with E-state index in [0.717, 1.165) is 5.69 Å². The van der Waals surface area contributed by atoms with Crippen LogP contribution in [0.1, 0.15) is 32.1 Å². The van der Waals surface area contributed by atoms with Gasteiger partial charge in [-0.1, -0.05) is 18.0 Å². The van der Waals surface area contributed by atoms with Crippen molar-refractivity contribution in [3.63, 3.8) is 0 Å². The molecule has 1 atom stereocenters. The number of carbonyl (C=O) groups excluding carboxylic acids is 1. The van der Waals surface area contributed by atoms with Gasteiger partial charge in [-0.25, -0.2) is 0 Å². The minimum Gasteiger partial charge on any atom is -0.327 e. The Balaban J connectivity index is 1.81. The Kier molecular flexibility index (Phi) is 5.23. The quantitative estimate of drug-likeness (QED) is 0.871. The molecule has 1 aliphatic carbocycles. The molecule has 0 bridgehead atoms. The van der Waals surface area contributed by atoms with Gasteiger partial charge in [0, 0.05) is 10.7 Å². The monoisotopic (exact) mass is 281 g/mol. The molecule has 19 heavy (non-hydrogen) atoms. The number of benzene rings is 1. The zero-order valence-electron chi connectivity index (χ0n) is 11.4. The molecule has 1 aromatic carbocycles. The van der Waals surface area contributed by atoms with Crippen LogP contribution in [0.4, 0.5) is 5.69 Å². The minimum absolute atomic E-state index is 0.0744. The molecule has 0 heterocycles. The van der Waals surface area contributed by atoms with Crippen LogP contribution in [0.3, 0.4) is 0 Å². The summed E-state index contributed by atoms with van der Waals surface area (Å²) in [6, 6.07) is 7.88. The van der Waals surface area contributed by atoms with Gasteiger partial charge in [0.15, 0.2) is 6.54 Å². The number of rotatable bonds is 4. The predicted molar refractivity (Wildman–Crippen MR) is 78.7 cm³/mol. The highest BCUT2D eigenvalue weighted by molar-refractivity contribution is 6.30. The van der Waals surface area contributed by atoms with Gasteiger partial charge < -0.3 is 10.2 Å². The topological polar surface area (TPSA) is 33.5 Å². The first kappa shape index (κ1) is 14.4. The summed E-state index contributed by atoms with van der Waals surface area (Å²) in [5.41, 5.74) is 0.811. The maximum Gasteiger partial charge on any atom is 0.279 e. The fourth-order valence-electron chi connectivity index (χ4n) is 2.73. The number of quaternary nitrogens is 1. The minimum atomic E-state index is 0.0744. The van der Waals surface area contributed by atoms with Gasteiger partial charge in [0.25, 0.3) is 5.91 Å². The fraction of sp³-hybridized carbons (Fsp3) is 0.533. The van der Waals surface area contributed by atoms with E-state index in [4.69, 9.17) is 11.6 Å². The first-order valence-corrected chi connectivity index (χ1v) is 7.40. The second kappa shape index (κ2) is 6.92. The lowest BCUT2D eigenvalue weighted by atomic mass is 9.94. The highest BCUT2D eigenvalue weighted by atomic mass is 35.5. The third-order valence-electron chi connectivity index (χ3n) is 3.87. The average Bonchev–Trinajstić information content (AvgIpc) is 2.42. The molecule has 1 aromatic rings. The number of likely N-dealkylation sites (N-methyl/N-ethyl adjacent to an activating group) is 1. The summed E-state index contributed by atoms with van der Waals surface area (Å²) in [5, 5.41) is 3.60. The Labute approximate surface area is 119 Å². The van der Waals surface area contributed by atoms with Gasteiger partial charge in [0.2, 0.25) is 0 Å². The molecule has 0 spiro atoms. The fourth-order valence-corrected chi connectivity index (χ4v) is 2.86. The summed E-state index contributed by atoms with van der Waals surface area (Å²) in [7, 11) is 2.12. The molecule has 4 heteroatoms. The van der Waals surface area contributed by atoms with Crippen LogP contribution in [0.5, 0.6) is 0 Å². The lowest BCUT2D eigenvalue weighted by Gasteiger charge is -2.27. The van der Waals surface area contributed by atoms with E-state index in [1.807, 2.05) is 12.1 Å². The van der Waals surface area contributed by atoms with Crippen molar-refractivity contribution in [1.29, 1.82) is 0 Å². The molecule has 0 aromatic heterocycles. The van der Waals surface area contributed by atoms with Crippen LogP contribution < -0.4 is 10.2 Å². The van der Waals surface area contributed by atoms with Crippen molar-refractivity contribution in [3.05, 3.63) is 29.3 Å². The number of anilines is 1. The Hall–Kier alpha value is -1.06. The summed E-state index contributed by atoms with van der Waals surface area (Å²) in [6.07, 6.45) is 6.46. The Bertz CT molecular complexity index is 413. The summed E-state index contributed by atoms with van der Waals surface area (Å²) in [4.78, 5) is 13.3. The van der Waals surface area contributed by atoms with E-state index in [9.17, 15) is 4.79 Å².